The van der Waals surface area contributed by atoms with Crippen LogP contribution in [0.15, 0.2) is 60.0 Å². The maximum Gasteiger partial charge on any atom is 0.339 e. The Bertz CT molecular complexity index is 1210. The SMILES string of the molecule is O=C(O)c1cc2c([N+](=O)[O-])cccc2nc1Nc1nc(-c2ccccc2)cs1. The number of carbonyl (C=O) groups is 1. The number of nitrogens with zero attached hydrogens (tertiary/aromatic N) is 3. The van der Waals surface area contributed by atoms with Crippen LogP contribution in [0.5, 0.6) is 0 Å². The monoisotopic (exact) mass is 392 g/mol. The number of aromatic nitrogens is 2. The average Bonchev–Trinajstić information content (AvgIpc) is 3.16. The summed E-state index contributed by atoms with van der Waals surface area (Å²) in [4.78, 5) is 31.1. The number of hydrogen-bond donors (Lipinski definition) is 2. The van der Waals surface area contributed by atoms with Gasteiger partial charge in [-0.1, -0.05) is 36.4 Å². The van der Waals surface area contributed by atoms with Crippen molar-refractivity contribution in [3.05, 3.63) is 75.7 Å². The molecule has 2 N–H and O–H groups in total. The number of non-ortho nitro benzene ring substituents is 1. The van der Waals surface area contributed by atoms with Gasteiger partial charge >= 0.3 is 5.97 Å². The minimum atomic E-state index is -1.24. The molecule has 138 valence electrons. The van der Waals surface area contributed by atoms with Gasteiger partial charge in [0, 0.05) is 17.0 Å². The zero-order valence-electron chi connectivity index (χ0n) is 14.2. The molecule has 0 radical (unpaired) electrons. The summed E-state index contributed by atoms with van der Waals surface area (Å²) < 4.78 is 0. The number of benzene rings is 2. The van der Waals surface area contributed by atoms with Crippen molar-refractivity contribution in [1.29, 1.82) is 0 Å². The highest BCUT2D eigenvalue weighted by atomic mass is 32.1. The van der Waals surface area contributed by atoms with Crippen LogP contribution < -0.4 is 5.32 Å². The molecule has 9 heteroatoms. The van der Waals surface area contributed by atoms with Crippen molar-refractivity contribution in [2.75, 3.05) is 5.32 Å². The maximum absolute atomic E-state index is 11.7. The molecule has 0 aliphatic heterocycles. The molecule has 28 heavy (non-hydrogen) atoms. The summed E-state index contributed by atoms with van der Waals surface area (Å²) in [6.07, 6.45) is 0. The third-order valence-electron chi connectivity index (χ3n) is 4.06. The van der Waals surface area contributed by atoms with Gasteiger partial charge in [0.15, 0.2) is 5.13 Å². The molecule has 0 unspecified atom stereocenters. The molecule has 0 saturated heterocycles. The van der Waals surface area contributed by atoms with E-state index in [1.165, 1.54) is 29.5 Å². The number of anilines is 2. The quantitative estimate of drug-likeness (QED) is 0.373. The van der Waals surface area contributed by atoms with Crippen molar-refractivity contribution in [1.82, 2.24) is 9.97 Å². The second-order valence-electron chi connectivity index (χ2n) is 5.82. The zero-order chi connectivity index (χ0) is 19.7. The standard InChI is InChI=1S/C19H12N4O4S/c24-18(25)13-9-12-14(7-4-8-16(12)23(26)27)20-17(13)22-19-21-15(10-28-19)11-5-2-1-3-6-11/h1-10H,(H,24,25)(H,20,21,22). The highest BCUT2D eigenvalue weighted by Crippen LogP contribution is 2.31. The van der Waals surface area contributed by atoms with Crippen LogP contribution in [0, 0.1) is 10.1 Å². The van der Waals surface area contributed by atoms with Gasteiger partial charge in [-0.25, -0.2) is 14.8 Å². The van der Waals surface area contributed by atoms with Crippen molar-refractivity contribution in [2.24, 2.45) is 0 Å². The van der Waals surface area contributed by atoms with Crippen LogP contribution in [-0.2, 0) is 0 Å². The van der Waals surface area contributed by atoms with Crippen molar-refractivity contribution in [3.63, 3.8) is 0 Å². The Kier molecular flexibility index (Phi) is 4.42. The summed E-state index contributed by atoms with van der Waals surface area (Å²) in [6.45, 7) is 0. The molecule has 4 aromatic rings. The number of aromatic carboxylic acids is 1. The molecule has 0 atom stereocenters. The molecule has 4 rings (SSSR count). The van der Waals surface area contributed by atoms with Gasteiger partial charge in [-0.2, -0.15) is 0 Å². The van der Waals surface area contributed by atoms with Crippen LogP contribution in [0.4, 0.5) is 16.6 Å². The molecule has 0 saturated carbocycles. The highest BCUT2D eigenvalue weighted by molar-refractivity contribution is 7.14. The van der Waals surface area contributed by atoms with Gasteiger partial charge in [-0.3, -0.25) is 10.1 Å². The lowest BCUT2D eigenvalue weighted by atomic mass is 10.1. The Morgan fingerprint density at radius 2 is 1.89 bits per heavy atom. The zero-order valence-corrected chi connectivity index (χ0v) is 15.0. The van der Waals surface area contributed by atoms with Gasteiger partial charge in [0.05, 0.1) is 21.5 Å². The van der Waals surface area contributed by atoms with Gasteiger partial charge in [-0.15, -0.1) is 11.3 Å². The fourth-order valence-electron chi connectivity index (χ4n) is 2.77. The van der Waals surface area contributed by atoms with Gasteiger partial charge in [0.25, 0.3) is 5.69 Å². The van der Waals surface area contributed by atoms with E-state index >= 15 is 0 Å². The second kappa shape index (κ2) is 7.05. The molecule has 0 amide bonds. The van der Waals surface area contributed by atoms with Gasteiger partial charge in [0.1, 0.15) is 11.4 Å². The van der Waals surface area contributed by atoms with Crippen molar-refractivity contribution < 1.29 is 14.8 Å². The Morgan fingerprint density at radius 1 is 1.11 bits per heavy atom. The first-order valence-corrected chi connectivity index (χ1v) is 9.00. The number of rotatable bonds is 5. The Labute approximate surface area is 162 Å². The smallest absolute Gasteiger partial charge is 0.339 e. The van der Waals surface area contributed by atoms with Crippen LogP contribution >= 0.6 is 11.3 Å². The summed E-state index contributed by atoms with van der Waals surface area (Å²) in [7, 11) is 0. The van der Waals surface area contributed by atoms with Gasteiger partial charge in [0.2, 0.25) is 0 Å². The lowest BCUT2D eigenvalue weighted by molar-refractivity contribution is -0.383. The molecule has 0 bridgehead atoms. The first kappa shape index (κ1) is 17.6. The molecule has 0 spiro atoms. The molecule has 2 aromatic carbocycles. The maximum atomic E-state index is 11.7. The molecule has 2 heterocycles. The predicted molar refractivity (Wildman–Crippen MR) is 106 cm³/mol. The van der Waals surface area contributed by atoms with Crippen molar-refractivity contribution in [2.45, 2.75) is 0 Å². The normalized spacial score (nSPS) is 10.7. The van der Waals surface area contributed by atoms with Crippen LogP contribution in [0.1, 0.15) is 10.4 Å². The van der Waals surface area contributed by atoms with Crippen LogP contribution in [0.2, 0.25) is 0 Å². The molecular weight excluding hydrogens is 380 g/mol. The number of nitro groups is 1. The Morgan fingerprint density at radius 3 is 2.61 bits per heavy atom. The lowest BCUT2D eigenvalue weighted by Gasteiger charge is -2.08. The number of carboxylic acids is 1. The first-order valence-electron chi connectivity index (χ1n) is 8.12. The summed E-state index contributed by atoms with van der Waals surface area (Å²) in [5.41, 5.74) is 1.65. The third-order valence-corrected chi connectivity index (χ3v) is 4.82. The second-order valence-corrected chi connectivity index (χ2v) is 6.68. The topological polar surface area (TPSA) is 118 Å². The van der Waals surface area contributed by atoms with Gasteiger partial charge in [-0.05, 0) is 12.1 Å². The third kappa shape index (κ3) is 3.26. The molecule has 0 aliphatic carbocycles. The number of pyridine rings is 1. The fraction of sp³-hybridized carbons (Fsp3) is 0. The molecule has 0 aliphatic rings. The van der Waals surface area contributed by atoms with E-state index in [1.807, 2.05) is 35.7 Å². The van der Waals surface area contributed by atoms with E-state index < -0.39 is 10.9 Å². The summed E-state index contributed by atoms with van der Waals surface area (Å²) in [5, 5.41) is 26.2. The van der Waals surface area contributed by atoms with E-state index in [1.54, 1.807) is 6.07 Å². The number of nitro benzene ring substituents is 1. The first-order chi connectivity index (χ1) is 13.5. The van der Waals surface area contributed by atoms with E-state index in [0.717, 1.165) is 11.3 Å². The largest absolute Gasteiger partial charge is 0.478 e. The van der Waals surface area contributed by atoms with Crippen molar-refractivity contribution >= 4 is 44.8 Å². The average molecular weight is 392 g/mol. The van der Waals surface area contributed by atoms with E-state index in [-0.39, 0.29) is 22.5 Å². The van der Waals surface area contributed by atoms with E-state index in [2.05, 4.69) is 15.3 Å². The number of thiazole rings is 1. The summed E-state index contributed by atoms with van der Waals surface area (Å²) in [6, 6.07) is 15.2. The number of fused-ring (bicyclic) bond motifs is 1. The molecule has 8 nitrogen and oxygen atoms in total. The number of carboxylic acid groups (broad SMARTS) is 1. The van der Waals surface area contributed by atoms with Crippen LogP contribution in [0.3, 0.4) is 0 Å². The molecule has 2 aromatic heterocycles. The van der Waals surface area contributed by atoms with E-state index in [4.69, 9.17) is 0 Å². The Hall–Kier alpha value is -3.85. The lowest BCUT2D eigenvalue weighted by Crippen LogP contribution is -2.06. The fourth-order valence-corrected chi connectivity index (χ4v) is 3.49. The van der Waals surface area contributed by atoms with E-state index in [9.17, 15) is 20.0 Å². The highest BCUT2D eigenvalue weighted by Gasteiger charge is 2.20. The number of hydrogen-bond acceptors (Lipinski definition) is 7. The predicted octanol–water partition coefficient (Wildman–Crippen LogP) is 4.71. The van der Waals surface area contributed by atoms with Crippen molar-refractivity contribution in [3.8, 4) is 11.3 Å². The summed E-state index contributed by atoms with van der Waals surface area (Å²) >= 11 is 1.31. The Balaban J connectivity index is 1.76. The molecular formula is C19H12N4O4S. The minimum Gasteiger partial charge on any atom is -0.478 e. The van der Waals surface area contributed by atoms with Crippen LogP contribution in [-0.4, -0.2) is 26.0 Å². The van der Waals surface area contributed by atoms with Gasteiger partial charge < -0.3 is 10.4 Å². The van der Waals surface area contributed by atoms with Crippen LogP contribution in [0.25, 0.3) is 22.2 Å². The number of nitrogens with one attached hydrogen (secondary N) is 1. The van der Waals surface area contributed by atoms with E-state index in [0.29, 0.717) is 10.6 Å². The molecule has 0 fully saturated rings. The summed E-state index contributed by atoms with van der Waals surface area (Å²) in [5.74, 6) is -1.16. The minimum absolute atomic E-state index is 0.0782.